The zero-order chi connectivity index (χ0) is 10.8. The van der Waals surface area contributed by atoms with Gasteiger partial charge >= 0.3 is 0 Å². The van der Waals surface area contributed by atoms with Crippen molar-refractivity contribution >= 4 is 11.7 Å². The summed E-state index contributed by atoms with van der Waals surface area (Å²) in [5, 5.41) is 0. The number of amides is 1. The van der Waals surface area contributed by atoms with Gasteiger partial charge in [0.15, 0.2) is 5.82 Å². The average molecular weight is 206 g/mol. The van der Waals surface area contributed by atoms with Crippen LogP contribution in [0.5, 0.6) is 0 Å². The van der Waals surface area contributed by atoms with Crippen LogP contribution in [0.1, 0.15) is 12.1 Å². The number of aromatic nitrogens is 2. The van der Waals surface area contributed by atoms with Crippen molar-refractivity contribution in [1.82, 2.24) is 9.97 Å². The summed E-state index contributed by atoms with van der Waals surface area (Å²) in [4.78, 5) is 21.7. The first-order valence-electron chi connectivity index (χ1n) is 5.00. The molecule has 1 fully saturated rings. The lowest BCUT2D eigenvalue weighted by molar-refractivity contribution is -0.117. The van der Waals surface area contributed by atoms with Gasteiger partial charge < -0.3 is 5.73 Å². The van der Waals surface area contributed by atoms with Crippen LogP contribution in [0.15, 0.2) is 12.4 Å². The molecule has 0 spiro atoms. The molecule has 1 aliphatic heterocycles. The number of aryl methyl sites for hydroxylation is 1. The van der Waals surface area contributed by atoms with Crippen molar-refractivity contribution in [2.45, 2.75) is 13.3 Å². The van der Waals surface area contributed by atoms with E-state index in [0.29, 0.717) is 25.3 Å². The van der Waals surface area contributed by atoms with Crippen LogP contribution in [0.25, 0.3) is 0 Å². The molecule has 0 bridgehead atoms. The second-order valence-electron chi connectivity index (χ2n) is 3.78. The highest BCUT2D eigenvalue weighted by Gasteiger charge is 2.31. The molecule has 5 heteroatoms. The molecule has 5 nitrogen and oxygen atoms in total. The zero-order valence-corrected chi connectivity index (χ0v) is 8.68. The van der Waals surface area contributed by atoms with E-state index in [2.05, 4.69) is 9.97 Å². The SMILES string of the molecule is Cc1nccnc1N1CC(CN)CC1=O. The molecule has 0 radical (unpaired) electrons. The fourth-order valence-electron chi connectivity index (χ4n) is 1.81. The molecule has 1 aromatic rings. The summed E-state index contributed by atoms with van der Waals surface area (Å²) in [6.07, 6.45) is 3.75. The fraction of sp³-hybridized carbons (Fsp3) is 0.500. The molecular formula is C10H14N4O. The third-order valence-electron chi connectivity index (χ3n) is 2.65. The van der Waals surface area contributed by atoms with Gasteiger partial charge in [0.05, 0.1) is 5.69 Å². The Morgan fingerprint density at radius 2 is 2.27 bits per heavy atom. The van der Waals surface area contributed by atoms with Crippen molar-refractivity contribution in [2.75, 3.05) is 18.0 Å². The highest BCUT2D eigenvalue weighted by molar-refractivity contribution is 5.95. The number of hydrogen-bond donors (Lipinski definition) is 1. The summed E-state index contributed by atoms with van der Waals surface area (Å²) in [5.41, 5.74) is 6.34. The molecule has 0 saturated carbocycles. The normalized spacial score (nSPS) is 21.1. The summed E-state index contributed by atoms with van der Waals surface area (Å²) in [7, 11) is 0. The quantitative estimate of drug-likeness (QED) is 0.744. The predicted molar refractivity (Wildman–Crippen MR) is 56.3 cm³/mol. The van der Waals surface area contributed by atoms with Crippen LogP contribution in [0.2, 0.25) is 0 Å². The van der Waals surface area contributed by atoms with E-state index in [9.17, 15) is 4.79 Å². The van der Waals surface area contributed by atoms with Crippen LogP contribution in [0, 0.1) is 12.8 Å². The Balaban J connectivity index is 2.25. The molecule has 1 atom stereocenters. The van der Waals surface area contributed by atoms with Gasteiger partial charge in [0.1, 0.15) is 0 Å². The van der Waals surface area contributed by atoms with E-state index in [4.69, 9.17) is 5.73 Å². The predicted octanol–water partition coefficient (Wildman–Crippen LogP) is 0.0966. The second kappa shape index (κ2) is 3.94. The molecule has 1 aromatic heterocycles. The molecule has 2 N–H and O–H groups in total. The minimum absolute atomic E-state index is 0.0917. The monoisotopic (exact) mass is 206 g/mol. The number of nitrogens with zero attached hydrogens (tertiary/aromatic N) is 3. The number of nitrogens with two attached hydrogens (primary N) is 1. The topological polar surface area (TPSA) is 72.1 Å². The van der Waals surface area contributed by atoms with Crippen LogP contribution in [0.4, 0.5) is 5.82 Å². The lowest BCUT2D eigenvalue weighted by Gasteiger charge is -2.16. The van der Waals surface area contributed by atoms with Crippen LogP contribution < -0.4 is 10.6 Å². The van der Waals surface area contributed by atoms with E-state index < -0.39 is 0 Å². The Morgan fingerprint density at radius 1 is 1.53 bits per heavy atom. The molecular weight excluding hydrogens is 192 g/mol. The molecule has 1 saturated heterocycles. The van der Waals surface area contributed by atoms with Gasteiger partial charge in [-0.1, -0.05) is 0 Å². The van der Waals surface area contributed by atoms with Gasteiger partial charge in [-0.2, -0.15) is 0 Å². The maximum Gasteiger partial charge on any atom is 0.228 e. The Hall–Kier alpha value is -1.49. The Labute approximate surface area is 88.3 Å². The number of carbonyl (C=O) groups is 1. The van der Waals surface area contributed by atoms with Gasteiger partial charge in [0.2, 0.25) is 5.91 Å². The summed E-state index contributed by atoms with van der Waals surface area (Å²) in [5.74, 6) is 1.01. The van der Waals surface area contributed by atoms with E-state index in [-0.39, 0.29) is 11.8 Å². The number of rotatable bonds is 2. The smallest absolute Gasteiger partial charge is 0.228 e. The maximum absolute atomic E-state index is 11.7. The van der Waals surface area contributed by atoms with Crippen LogP contribution in [0.3, 0.4) is 0 Å². The van der Waals surface area contributed by atoms with E-state index in [1.54, 1.807) is 17.3 Å². The van der Waals surface area contributed by atoms with Gasteiger partial charge in [0, 0.05) is 25.4 Å². The lowest BCUT2D eigenvalue weighted by Crippen LogP contribution is -2.27. The summed E-state index contributed by atoms with van der Waals surface area (Å²) < 4.78 is 0. The largest absolute Gasteiger partial charge is 0.330 e. The van der Waals surface area contributed by atoms with Gasteiger partial charge in [0.25, 0.3) is 0 Å². The maximum atomic E-state index is 11.7. The van der Waals surface area contributed by atoms with Crippen LogP contribution in [-0.4, -0.2) is 29.0 Å². The lowest BCUT2D eigenvalue weighted by atomic mass is 10.1. The van der Waals surface area contributed by atoms with Gasteiger partial charge in [-0.15, -0.1) is 0 Å². The summed E-state index contributed by atoms with van der Waals surface area (Å²) in [6.45, 7) is 3.06. The molecule has 2 rings (SSSR count). The highest BCUT2D eigenvalue weighted by Crippen LogP contribution is 2.23. The highest BCUT2D eigenvalue weighted by atomic mass is 16.2. The first kappa shape index (κ1) is 10.0. The molecule has 80 valence electrons. The number of anilines is 1. The Bertz CT molecular complexity index is 379. The van der Waals surface area contributed by atoms with Gasteiger partial charge in [-0.05, 0) is 19.4 Å². The van der Waals surface area contributed by atoms with E-state index in [1.807, 2.05) is 6.92 Å². The van der Waals surface area contributed by atoms with Crippen molar-refractivity contribution in [3.8, 4) is 0 Å². The van der Waals surface area contributed by atoms with E-state index in [1.165, 1.54) is 0 Å². The molecule has 15 heavy (non-hydrogen) atoms. The molecule has 0 aromatic carbocycles. The number of hydrogen-bond acceptors (Lipinski definition) is 4. The third-order valence-corrected chi connectivity index (χ3v) is 2.65. The Morgan fingerprint density at radius 3 is 2.87 bits per heavy atom. The fourth-order valence-corrected chi connectivity index (χ4v) is 1.81. The summed E-state index contributed by atoms with van der Waals surface area (Å²) in [6, 6.07) is 0. The average Bonchev–Trinajstić information content (AvgIpc) is 2.60. The van der Waals surface area contributed by atoms with Crippen molar-refractivity contribution in [3.63, 3.8) is 0 Å². The van der Waals surface area contributed by atoms with Crippen molar-refractivity contribution in [1.29, 1.82) is 0 Å². The molecule has 1 aliphatic rings. The van der Waals surface area contributed by atoms with Crippen LogP contribution >= 0.6 is 0 Å². The molecule has 0 aliphatic carbocycles. The second-order valence-corrected chi connectivity index (χ2v) is 3.78. The van der Waals surface area contributed by atoms with Crippen molar-refractivity contribution < 1.29 is 4.79 Å². The van der Waals surface area contributed by atoms with Gasteiger partial charge in [-0.25, -0.2) is 4.98 Å². The van der Waals surface area contributed by atoms with Gasteiger partial charge in [-0.3, -0.25) is 14.7 Å². The molecule has 1 amide bonds. The van der Waals surface area contributed by atoms with E-state index >= 15 is 0 Å². The minimum atomic E-state index is 0.0917. The minimum Gasteiger partial charge on any atom is -0.330 e. The molecule has 2 heterocycles. The zero-order valence-electron chi connectivity index (χ0n) is 8.68. The van der Waals surface area contributed by atoms with E-state index in [0.717, 1.165) is 5.69 Å². The number of carbonyl (C=O) groups excluding carboxylic acids is 1. The van der Waals surface area contributed by atoms with Crippen molar-refractivity contribution in [2.24, 2.45) is 11.7 Å². The standard InChI is InChI=1S/C10H14N4O/c1-7-10(13-3-2-12-7)14-6-8(5-11)4-9(14)15/h2-3,8H,4-6,11H2,1H3. The summed E-state index contributed by atoms with van der Waals surface area (Å²) >= 11 is 0. The molecule has 1 unspecified atom stereocenters. The Kier molecular flexibility index (Phi) is 2.64. The first-order chi connectivity index (χ1) is 7.22. The first-order valence-corrected chi connectivity index (χ1v) is 5.00. The van der Waals surface area contributed by atoms with Crippen molar-refractivity contribution in [3.05, 3.63) is 18.1 Å². The third kappa shape index (κ3) is 1.83. The van der Waals surface area contributed by atoms with Crippen LogP contribution in [-0.2, 0) is 4.79 Å².